The SMILES string of the molecule is CC[O-].CC[O-].CC[O-].CC[O-].CC[O-].CC[O-].CC[O-].CC[O-].[Ti+4].[Ti+4]. The van der Waals surface area contributed by atoms with Crippen LogP contribution in [0.1, 0.15) is 55.4 Å². The van der Waals surface area contributed by atoms with Crippen molar-refractivity contribution in [1.82, 2.24) is 0 Å². The molecule has 0 rings (SSSR count). The number of hydrogen-bond acceptors (Lipinski definition) is 8. The third-order valence-electron chi connectivity index (χ3n) is 0. The van der Waals surface area contributed by atoms with Crippen molar-refractivity contribution < 1.29 is 84.3 Å². The summed E-state index contributed by atoms with van der Waals surface area (Å²) in [5.41, 5.74) is 0. The van der Waals surface area contributed by atoms with Crippen molar-refractivity contribution in [3.63, 3.8) is 0 Å². The third kappa shape index (κ3) is 11900. The quantitative estimate of drug-likeness (QED) is 0.324. The van der Waals surface area contributed by atoms with Gasteiger partial charge in [0.25, 0.3) is 0 Å². The summed E-state index contributed by atoms with van der Waals surface area (Å²) in [6.07, 6.45) is 0. The molecule has 0 heterocycles. The molecule has 0 saturated carbocycles. The topological polar surface area (TPSA) is 184 Å². The van der Waals surface area contributed by atoms with Gasteiger partial charge < -0.3 is 40.9 Å². The van der Waals surface area contributed by atoms with Crippen molar-refractivity contribution >= 4 is 0 Å². The molecule has 0 unspecified atom stereocenters. The molecule has 0 amide bonds. The van der Waals surface area contributed by atoms with Crippen LogP contribution in [0.15, 0.2) is 0 Å². The Balaban J connectivity index is -0.0000000139. The molecule has 0 aromatic rings. The van der Waals surface area contributed by atoms with Gasteiger partial charge in [-0.3, -0.25) is 0 Å². The zero-order valence-corrected chi connectivity index (χ0v) is 21.0. The normalized spacial score (nSPS) is 5.54. The molecule has 0 aromatic heterocycles. The molecule has 8 nitrogen and oxygen atoms in total. The van der Waals surface area contributed by atoms with E-state index in [4.69, 9.17) is 40.9 Å². The van der Waals surface area contributed by atoms with Gasteiger partial charge in [-0.1, -0.05) is 55.4 Å². The summed E-state index contributed by atoms with van der Waals surface area (Å²) in [7, 11) is 0. The Morgan fingerprint density at radius 1 is 0.269 bits per heavy atom. The van der Waals surface area contributed by atoms with Crippen molar-refractivity contribution in [3.05, 3.63) is 0 Å². The van der Waals surface area contributed by atoms with E-state index in [0.717, 1.165) is 0 Å². The molecule has 10 heteroatoms. The number of hydrogen-bond donors (Lipinski definition) is 0. The maximum Gasteiger partial charge on any atom is 4.00 e. The molecule has 0 spiro atoms. The second kappa shape index (κ2) is 198. The van der Waals surface area contributed by atoms with Crippen LogP contribution >= 0.6 is 0 Å². The predicted octanol–water partition coefficient (Wildman–Crippen LogP) is -5.07. The third-order valence-corrected chi connectivity index (χ3v) is 0. The molecule has 0 aliphatic rings. The molecule has 0 aliphatic carbocycles. The molecule has 0 N–H and O–H groups in total. The van der Waals surface area contributed by atoms with E-state index < -0.39 is 0 Å². The summed E-state index contributed by atoms with van der Waals surface area (Å²) in [6, 6.07) is 0. The predicted molar refractivity (Wildman–Crippen MR) is 84.3 cm³/mol. The largest absolute Gasteiger partial charge is 4.00 e. The zero-order valence-electron chi connectivity index (χ0n) is 17.9. The van der Waals surface area contributed by atoms with Gasteiger partial charge in [-0.15, -0.1) is 52.9 Å². The van der Waals surface area contributed by atoms with Gasteiger partial charge in [0.15, 0.2) is 0 Å². The molecular formula is C16H40O8Ti2. The van der Waals surface area contributed by atoms with Gasteiger partial charge in [0.1, 0.15) is 0 Å². The van der Waals surface area contributed by atoms with Crippen LogP contribution in [0.25, 0.3) is 0 Å². The minimum Gasteiger partial charge on any atom is -0.855 e. The van der Waals surface area contributed by atoms with E-state index in [1.165, 1.54) is 0 Å². The standard InChI is InChI=1S/8C2H5O.2Ti/c8*1-2-3;;/h8*2H2,1H3;;/q8*-1;2*+4. The zero-order chi connectivity index (χ0) is 21.7. The van der Waals surface area contributed by atoms with E-state index in [2.05, 4.69) is 0 Å². The Labute approximate surface area is 192 Å². The van der Waals surface area contributed by atoms with Gasteiger partial charge in [-0.25, -0.2) is 0 Å². The molecule has 0 bridgehead atoms. The summed E-state index contributed by atoms with van der Waals surface area (Å²) < 4.78 is 0. The van der Waals surface area contributed by atoms with Gasteiger partial charge in [-0.05, 0) is 0 Å². The molecule has 0 saturated heterocycles. The van der Waals surface area contributed by atoms with Crippen LogP contribution in [0, 0.1) is 0 Å². The fraction of sp³-hybridized carbons (Fsp3) is 1.00. The summed E-state index contributed by atoms with van der Waals surface area (Å²) in [6.45, 7) is 12.6. The Bertz CT molecular complexity index is 56.2. The first-order chi connectivity index (χ1) is 11.3. The fourth-order valence-electron chi connectivity index (χ4n) is 0. The van der Waals surface area contributed by atoms with Crippen molar-refractivity contribution in [1.29, 1.82) is 0 Å². The summed E-state index contributed by atoms with van der Waals surface area (Å²) in [4.78, 5) is 0. The van der Waals surface area contributed by atoms with Crippen LogP contribution in [-0.2, 0) is 43.4 Å². The monoisotopic (exact) mass is 456 g/mol. The van der Waals surface area contributed by atoms with Gasteiger partial charge in [0.05, 0.1) is 0 Å². The van der Waals surface area contributed by atoms with Crippen molar-refractivity contribution in [2.24, 2.45) is 0 Å². The maximum atomic E-state index is 8.93. The summed E-state index contributed by atoms with van der Waals surface area (Å²) >= 11 is 0. The Morgan fingerprint density at radius 2 is 0.269 bits per heavy atom. The van der Waals surface area contributed by atoms with E-state index >= 15 is 0 Å². The van der Waals surface area contributed by atoms with Crippen LogP contribution in [0.3, 0.4) is 0 Å². The van der Waals surface area contributed by atoms with Crippen molar-refractivity contribution in [3.8, 4) is 0 Å². The molecule has 160 valence electrons. The van der Waals surface area contributed by atoms with E-state index in [1.54, 1.807) is 55.4 Å². The summed E-state index contributed by atoms with van der Waals surface area (Å²) in [5, 5.41) is 71.4. The first-order valence-electron chi connectivity index (χ1n) is 7.97. The second-order valence-corrected chi connectivity index (χ2v) is 2.31. The maximum absolute atomic E-state index is 8.93. The van der Waals surface area contributed by atoms with Gasteiger partial charge >= 0.3 is 43.4 Å². The first kappa shape index (κ1) is 63.1. The van der Waals surface area contributed by atoms with Gasteiger partial charge in [-0.2, -0.15) is 0 Å². The van der Waals surface area contributed by atoms with E-state index in [9.17, 15) is 0 Å². The van der Waals surface area contributed by atoms with E-state index in [-0.39, 0.29) is 96.3 Å². The molecule has 0 aliphatic heterocycles. The smallest absolute Gasteiger partial charge is 0.855 e. The van der Waals surface area contributed by atoms with E-state index in [1.807, 2.05) is 0 Å². The molecule has 0 atom stereocenters. The number of rotatable bonds is 0. The Morgan fingerprint density at radius 3 is 0.269 bits per heavy atom. The Kier molecular flexibility index (Phi) is 482. The first-order valence-corrected chi connectivity index (χ1v) is 7.97. The average molecular weight is 456 g/mol. The fourth-order valence-corrected chi connectivity index (χ4v) is 0. The molecular weight excluding hydrogens is 416 g/mol. The average Bonchev–Trinajstić information content (AvgIpc) is 2.45. The van der Waals surface area contributed by atoms with Crippen LogP contribution < -0.4 is 40.9 Å². The molecule has 0 radical (unpaired) electrons. The molecule has 26 heavy (non-hydrogen) atoms. The Hall–Kier alpha value is 1.11. The van der Waals surface area contributed by atoms with Crippen LogP contribution in [-0.4, -0.2) is 52.9 Å². The van der Waals surface area contributed by atoms with Crippen molar-refractivity contribution in [2.75, 3.05) is 52.9 Å². The van der Waals surface area contributed by atoms with Crippen LogP contribution in [0.2, 0.25) is 0 Å². The van der Waals surface area contributed by atoms with E-state index in [0.29, 0.717) is 0 Å². The van der Waals surface area contributed by atoms with Gasteiger partial charge in [0, 0.05) is 0 Å². The second-order valence-electron chi connectivity index (χ2n) is 2.31. The van der Waals surface area contributed by atoms with Crippen LogP contribution in [0.5, 0.6) is 0 Å². The molecule has 0 aromatic carbocycles. The van der Waals surface area contributed by atoms with Crippen molar-refractivity contribution in [2.45, 2.75) is 55.4 Å². The molecule has 0 fully saturated rings. The van der Waals surface area contributed by atoms with Gasteiger partial charge in [0.2, 0.25) is 0 Å². The summed E-state index contributed by atoms with van der Waals surface area (Å²) in [5.74, 6) is 0. The minimum absolute atomic E-state index is 0. The van der Waals surface area contributed by atoms with Crippen LogP contribution in [0.4, 0.5) is 0 Å². The minimum atomic E-state index is 0.